The van der Waals surface area contributed by atoms with Crippen molar-refractivity contribution < 1.29 is 0 Å². The van der Waals surface area contributed by atoms with Gasteiger partial charge in [0.1, 0.15) is 0 Å². The molecule has 0 radical (unpaired) electrons. The highest BCUT2D eigenvalue weighted by atomic mass is 14.9. The molecule has 1 saturated carbocycles. The molecule has 2 atom stereocenters. The highest BCUT2D eigenvalue weighted by molar-refractivity contribution is 5.85. The Hall–Kier alpha value is -1.41. The van der Waals surface area contributed by atoms with Crippen molar-refractivity contribution in [3.05, 3.63) is 42.2 Å². The summed E-state index contributed by atoms with van der Waals surface area (Å²) in [5.74, 6) is 1.57. The van der Waals surface area contributed by atoms with Crippen molar-refractivity contribution in [1.82, 2.24) is 10.3 Å². The van der Waals surface area contributed by atoms with E-state index in [1.807, 2.05) is 12.4 Å². The van der Waals surface area contributed by atoms with Gasteiger partial charge in [-0.25, -0.2) is 0 Å². The molecule has 18 heavy (non-hydrogen) atoms. The maximum atomic E-state index is 4.40. The minimum Gasteiger partial charge on any atom is -0.313 e. The molecule has 94 valence electrons. The molecule has 0 spiro atoms. The van der Waals surface area contributed by atoms with Gasteiger partial charge in [0.05, 0.1) is 0 Å². The second-order valence-corrected chi connectivity index (χ2v) is 5.41. The third-order valence-electron chi connectivity index (χ3n) is 4.24. The summed E-state index contributed by atoms with van der Waals surface area (Å²) < 4.78 is 0. The maximum absolute atomic E-state index is 4.40. The van der Waals surface area contributed by atoms with E-state index in [0.717, 1.165) is 5.92 Å². The lowest BCUT2D eigenvalue weighted by Gasteiger charge is -2.24. The van der Waals surface area contributed by atoms with Crippen molar-refractivity contribution in [3.63, 3.8) is 0 Å². The van der Waals surface area contributed by atoms with E-state index in [1.54, 1.807) is 0 Å². The molecular weight excluding hydrogens is 220 g/mol. The van der Waals surface area contributed by atoms with Crippen LogP contribution < -0.4 is 5.32 Å². The lowest BCUT2D eigenvalue weighted by atomic mass is 9.89. The highest BCUT2D eigenvalue weighted by Crippen LogP contribution is 2.43. The van der Waals surface area contributed by atoms with Crippen LogP contribution >= 0.6 is 0 Å². The van der Waals surface area contributed by atoms with E-state index in [4.69, 9.17) is 0 Å². The van der Waals surface area contributed by atoms with Crippen LogP contribution in [0.5, 0.6) is 0 Å². The Morgan fingerprint density at radius 3 is 2.72 bits per heavy atom. The molecule has 1 heterocycles. The number of nitrogens with zero attached hydrogens (tertiary/aromatic N) is 1. The first kappa shape index (κ1) is 11.7. The summed E-state index contributed by atoms with van der Waals surface area (Å²) in [7, 11) is 2.06. The van der Waals surface area contributed by atoms with E-state index in [9.17, 15) is 0 Å². The van der Waals surface area contributed by atoms with Crippen molar-refractivity contribution in [3.8, 4) is 0 Å². The van der Waals surface area contributed by atoms with Crippen LogP contribution in [0.4, 0.5) is 0 Å². The van der Waals surface area contributed by atoms with Crippen molar-refractivity contribution >= 4 is 10.8 Å². The smallest absolute Gasteiger partial charge is 0.0367 e. The molecule has 2 aromatic rings. The fraction of sp³-hybridized carbons (Fsp3) is 0.438. The zero-order valence-corrected chi connectivity index (χ0v) is 11.1. The van der Waals surface area contributed by atoms with Gasteiger partial charge in [-0.3, -0.25) is 4.98 Å². The van der Waals surface area contributed by atoms with E-state index in [0.29, 0.717) is 12.0 Å². The summed E-state index contributed by atoms with van der Waals surface area (Å²) >= 11 is 0. The topological polar surface area (TPSA) is 24.9 Å². The van der Waals surface area contributed by atoms with Gasteiger partial charge in [-0.05, 0) is 42.7 Å². The first-order valence-electron chi connectivity index (χ1n) is 6.81. The minimum atomic E-state index is 0.413. The molecular formula is C16H20N2. The fourth-order valence-electron chi connectivity index (χ4n) is 2.98. The normalized spacial score (nSPS) is 18.8. The monoisotopic (exact) mass is 240 g/mol. The average molecular weight is 240 g/mol. The minimum absolute atomic E-state index is 0.413. The quantitative estimate of drug-likeness (QED) is 0.884. The third kappa shape index (κ3) is 2.01. The molecule has 2 unspecified atom stereocenters. The molecule has 2 heteroatoms. The van der Waals surface area contributed by atoms with Crippen LogP contribution in [0.2, 0.25) is 0 Å². The molecule has 1 aromatic heterocycles. The summed E-state index contributed by atoms with van der Waals surface area (Å²) in [6.45, 7) is 2.36. The van der Waals surface area contributed by atoms with Gasteiger partial charge in [0.25, 0.3) is 0 Å². The van der Waals surface area contributed by atoms with Crippen molar-refractivity contribution in [1.29, 1.82) is 0 Å². The standard InChI is InChI=1S/C16H20N2/c1-11(12-7-8-12)16(17-2)15-10-18-9-13-5-3-4-6-14(13)15/h3-6,9-12,16-17H,7-8H2,1-2H3. The predicted octanol–water partition coefficient (Wildman–Crippen LogP) is 3.54. The van der Waals surface area contributed by atoms with Gasteiger partial charge < -0.3 is 5.32 Å². The van der Waals surface area contributed by atoms with Gasteiger partial charge >= 0.3 is 0 Å². The van der Waals surface area contributed by atoms with Gasteiger partial charge in [-0.1, -0.05) is 31.2 Å². The van der Waals surface area contributed by atoms with Crippen LogP contribution in [-0.2, 0) is 0 Å². The number of hydrogen-bond acceptors (Lipinski definition) is 2. The van der Waals surface area contributed by atoms with Gasteiger partial charge in [0, 0.05) is 23.8 Å². The average Bonchev–Trinajstić information content (AvgIpc) is 3.24. The molecule has 0 saturated heterocycles. The number of aromatic nitrogens is 1. The summed E-state index contributed by atoms with van der Waals surface area (Å²) in [5.41, 5.74) is 1.34. The molecule has 2 nitrogen and oxygen atoms in total. The molecule has 0 amide bonds. The number of nitrogens with one attached hydrogen (secondary N) is 1. The molecule has 1 aliphatic carbocycles. The number of rotatable bonds is 4. The zero-order valence-electron chi connectivity index (χ0n) is 11.1. The van der Waals surface area contributed by atoms with Gasteiger partial charge in [0.2, 0.25) is 0 Å². The summed E-state index contributed by atoms with van der Waals surface area (Å²) in [5, 5.41) is 6.06. The van der Waals surface area contributed by atoms with Gasteiger partial charge in [-0.2, -0.15) is 0 Å². The van der Waals surface area contributed by atoms with Crippen LogP contribution in [0.25, 0.3) is 10.8 Å². The van der Waals surface area contributed by atoms with Crippen LogP contribution in [0.1, 0.15) is 31.4 Å². The van der Waals surface area contributed by atoms with Gasteiger partial charge in [-0.15, -0.1) is 0 Å². The molecule has 1 aromatic carbocycles. The van der Waals surface area contributed by atoms with E-state index >= 15 is 0 Å². The molecule has 0 aliphatic heterocycles. The first-order chi connectivity index (χ1) is 8.81. The Labute approximate surface area is 108 Å². The Morgan fingerprint density at radius 1 is 1.22 bits per heavy atom. The highest BCUT2D eigenvalue weighted by Gasteiger charge is 2.33. The van der Waals surface area contributed by atoms with Crippen LogP contribution in [0.15, 0.2) is 36.7 Å². The number of benzene rings is 1. The first-order valence-corrected chi connectivity index (χ1v) is 6.81. The lowest BCUT2D eigenvalue weighted by Crippen LogP contribution is -2.25. The summed E-state index contributed by atoms with van der Waals surface area (Å²) in [6, 6.07) is 8.94. The van der Waals surface area contributed by atoms with Crippen molar-refractivity contribution in [2.75, 3.05) is 7.05 Å². The summed E-state index contributed by atoms with van der Waals surface area (Å²) in [6.07, 6.45) is 6.75. The molecule has 3 rings (SSSR count). The Morgan fingerprint density at radius 2 is 2.00 bits per heavy atom. The van der Waals surface area contributed by atoms with E-state index in [1.165, 1.54) is 29.2 Å². The van der Waals surface area contributed by atoms with E-state index in [2.05, 4.69) is 48.5 Å². The second-order valence-electron chi connectivity index (χ2n) is 5.41. The van der Waals surface area contributed by atoms with E-state index < -0.39 is 0 Å². The Bertz CT molecular complexity index is 540. The number of fused-ring (bicyclic) bond motifs is 1. The third-order valence-corrected chi connectivity index (χ3v) is 4.24. The van der Waals surface area contributed by atoms with Crippen molar-refractivity contribution in [2.45, 2.75) is 25.8 Å². The number of hydrogen-bond donors (Lipinski definition) is 1. The van der Waals surface area contributed by atoms with Gasteiger partial charge in [0.15, 0.2) is 0 Å². The summed E-state index contributed by atoms with van der Waals surface area (Å²) in [4.78, 5) is 4.40. The maximum Gasteiger partial charge on any atom is 0.0367 e. The SMILES string of the molecule is CNC(c1cncc2ccccc12)C(C)C1CC1. The Kier molecular flexibility index (Phi) is 3.04. The molecule has 1 N–H and O–H groups in total. The second kappa shape index (κ2) is 4.69. The lowest BCUT2D eigenvalue weighted by molar-refractivity contribution is 0.370. The van der Waals surface area contributed by atoms with Crippen LogP contribution in [-0.4, -0.2) is 12.0 Å². The van der Waals surface area contributed by atoms with Crippen LogP contribution in [0, 0.1) is 11.8 Å². The molecule has 1 fully saturated rings. The van der Waals surface area contributed by atoms with Crippen LogP contribution in [0.3, 0.4) is 0 Å². The van der Waals surface area contributed by atoms with Crippen molar-refractivity contribution in [2.24, 2.45) is 11.8 Å². The van der Waals surface area contributed by atoms with E-state index in [-0.39, 0.29) is 0 Å². The Balaban J connectivity index is 2.05. The fourth-order valence-corrected chi connectivity index (χ4v) is 2.98. The molecule has 0 bridgehead atoms. The predicted molar refractivity (Wildman–Crippen MR) is 75.4 cm³/mol. The largest absolute Gasteiger partial charge is 0.313 e. The number of pyridine rings is 1. The zero-order chi connectivity index (χ0) is 12.5. The molecule has 1 aliphatic rings.